The van der Waals surface area contributed by atoms with Gasteiger partial charge in [-0.15, -0.1) is 0 Å². The SMILES string of the molecule is CCOc1cc(C[C@@H]2SC(=S)N(Cc3ccco3)C2=O)ccc1OCc1ccccc1F. The van der Waals surface area contributed by atoms with Crippen LogP contribution in [0.1, 0.15) is 23.8 Å². The van der Waals surface area contributed by atoms with Gasteiger partial charge in [-0.25, -0.2) is 4.39 Å². The molecule has 2 heterocycles. The average molecular weight is 472 g/mol. The van der Waals surface area contributed by atoms with E-state index in [-0.39, 0.29) is 23.6 Å². The lowest BCUT2D eigenvalue weighted by molar-refractivity contribution is -0.126. The Bertz CT molecular complexity index is 1100. The molecule has 1 aromatic heterocycles. The summed E-state index contributed by atoms with van der Waals surface area (Å²) in [6, 6.07) is 15.7. The van der Waals surface area contributed by atoms with Crippen molar-refractivity contribution in [1.29, 1.82) is 0 Å². The zero-order chi connectivity index (χ0) is 22.5. The number of benzene rings is 2. The van der Waals surface area contributed by atoms with E-state index >= 15 is 0 Å². The first-order valence-electron chi connectivity index (χ1n) is 10.2. The van der Waals surface area contributed by atoms with Gasteiger partial charge in [0.15, 0.2) is 11.5 Å². The molecule has 0 N–H and O–H groups in total. The summed E-state index contributed by atoms with van der Waals surface area (Å²) in [4.78, 5) is 14.5. The Balaban J connectivity index is 1.44. The van der Waals surface area contributed by atoms with E-state index in [1.807, 2.05) is 25.1 Å². The molecule has 3 aromatic rings. The van der Waals surface area contributed by atoms with Gasteiger partial charge in [-0.1, -0.05) is 48.2 Å². The Hall–Kier alpha value is -2.84. The van der Waals surface area contributed by atoms with Crippen LogP contribution in [0.15, 0.2) is 65.3 Å². The van der Waals surface area contributed by atoms with Crippen molar-refractivity contribution >= 4 is 34.2 Å². The van der Waals surface area contributed by atoms with Gasteiger partial charge in [0.25, 0.3) is 0 Å². The first-order valence-corrected chi connectivity index (χ1v) is 11.5. The molecule has 0 saturated carbocycles. The van der Waals surface area contributed by atoms with Crippen LogP contribution in [0.3, 0.4) is 0 Å². The lowest BCUT2D eigenvalue weighted by Crippen LogP contribution is -2.31. The molecule has 4 rings (SSSR count). The minimum absolute atomic E-state index is 0.0331. The number of hydrogen-bond donors (Lipinski definition) is 0. The molecular formula is C24H22FNO4S2. The minimum atomic E-state index is -0.311. The summed E-state index contributed by atoms with van der Waals surface area (Å²) in [5, 5.41) is -0.308. The highest BCUT2D eigenvalue weighted by Gasteiger charge is 2.37. The Morgan fingerprint density at radius 1 is 1.12 bits per heavy atom. The second-order valence-electron chi connectivity index (χ2n) is 7.17. The first-order chi connectivity index (χ1) is 15.5. The maximum Gasteiger partial charge on any atom is 0.242 e. The van der Waals surface area contributed by atoms with Gasteiger partial charge in [0, 0.05) is 5.56 Å². The fraction of sp³-hybridized carbons (Fsp3) is 0.250. The zero-order valence-electron chi connectivity index (χ0n) is 17.5. The molecule has 32 heavy (non-hydrogen) atoms. The third kappa shape index (κ3) is 5.14. The molecule has 1 atom stereocenters. The minimum Gasteiger partial charge on any atom is -0.490 e. The van der Waals surface area contributed by atoms with E-state index in [4.69, 9.17) is 26.1 Å². The molecule has 2 aromatic carbocycles. The lowest BCUT2D eigenvalue weighted by atomic mass is 10.1. The average Bonchev–Trinajstić information content (AvgIpc) is 3.39. The van der Waals surface area contributed by atoms with Crippen molar-refractivity contribution in [3.8, 4) is 11.5 Å². The standard InChI is InChI=1S/C24H22FNO4S2/c1-2-28-21-12-16(9-10-20(21)30-15-17-6-3-4-8-19(17)25)13-22-23(27)26(24(31)32-22)14-18-7-5-11-29-18/h3-12,22H,2,13-15H2,1H3/t22-/m0/s1. The number of carbonyl (C=O) groups excluding carboxylic acids is 1. The Morgan fingerprint density at radius 3 is 2.72 bits per heavy atom. The number of carbonyl (C=O) groups is 1. The van der Waals surface area contributed by atoms with Gasteiger partial charge in [-0.2, -0.15) is 0 Å². The summed E-state index contributed by atoms with van der Waals surface area (Å²) in [5.74, 6) is 1.44. The molecule has 1 fully saturated rings. The van der Waals surface area contributed by atoms with Crippen LogP contribution < -0.4 is 9.47 Å². The molecule has 8 heteroatoms. The van der Waals surface area contributed by atoms with Crippen LogP contribution in [0.5, 0.6) is 11.5 Å². The normalized spacial score (nSPS) is 15.9. The van der Waals surface area contributed by atoms with Crippen LogP contribution in [-0.2, 0) is 24.4 Å². The topological polar surface area (TPSA) is 51.9 Å². The van der Waals surface area contributed by atoms with Gasteiger partial charge in [-0.3, -0.25) is 9.69 Å². The fourth-order valence-corrected chi connectivity index (χ4v) is 4.91. The number of amides is 1. The number of nitrogens with zero attached hydrogens (tertiary/aromatic N) is 1. The molecule has 166 valence electrons. The van der Waals surface area contributed by atoms with Gasteiger partial charge in [-0.05, 0) is 49.2 Å². The van der Waals surface area contributed by atoms with Gasteiger partial charge in [0.1, 0.15) is 22.5 Å². The number of halogens is 1. The van der Waals surface area contributed by atoms with Crippen molar-refractivity contribution in [1.82, 2.24) is 4.90 Å². The lowest BCUT2D eigenvalue weighted by Gasteiger charge is -2.15. The van der Waals surface area contributed by atoms with Crippen LogP contribution >= 0.6 is 24.0 Å². The van der Waals surface area contributed by atoms with E-state index in [0.29, 0.717) is 46.7 Å². The maximum absolute atomic E-state index is 13.9. The van der Waals surface area contributed by atoms with E-state index in [0.717, 1.165) is 5.56 Å². The van der Waals surface area contributed by atoms with E-state index in [1.165, 1.54) is 17.8 Å². The van der Waals surface area contributed by atoms with E-state index < -0.39 is 0 Å². The second-order valence-corrected chi connectivity index (χ2v) is 9.01. The van der Waals surface area contributed by atoms with Crippen molar-refractivity contribution in [3.63, 3.8) is 0 Å². The molecule has 1 saturated heterocycles. The number of rotatable bonds is 9. The van der Waals surface area contributed by atoms with Crippen molar-refractivity contribution in [2.75, 3.05) is 6.61 Å². The summed E-state index contributed by atoms with van der Waals surface area (Å²) >= 11 is 6.80. The smallest absolute Gasteiger partial charge is 0.242 e. The Kier molecular flexibility index (Phi) is 7.12. The Labute approximate surface area is 195 Å². The van der Waals surface area contributed by atoms with E-state index in [1.54, 1.807) is 41.5 Å². The molecule has 1 aliphatic heterocycles. The number of ether oxygens (including phenoxy) is 2. The summed E-state index contributed by atoms with van der Waals surface area (Å²) in [7, 11) is 0. The maximum atomic E-state index is 13.9. The number of hydrogen-bond acceptors (Lipinski definition) is 6. The molecule has 1 aliphatic rings. The predicted octanol–water partition coefficient (Wildman–Crippen LogP) is 5.37. The number of thiocarbonyl (C=S) groups is 1. The number of furan rings is 1. The third-order valence-electron chi connectivity index (χ3n) is 4.97. The van der Waals surface area contributed by atoms with Gasteiger partial charge in [0.2, 0.25) is 5.91 Å². The monoisotopic (exact) mass is 471 g/mol. The van der Waals surface area contributed by atoms with Gasteiger partial charge in [0.05, 0.1) is 24.7 Å². The molecule has 0 aliphatic carbocycles. The van der Waals surface area contributed by atoms with E-state index in [9.17, 15) is 9.18 Å². The van der Waals surface area contributed by atoms with Crippen molar-refractivity contribution in [2.24, 2.45) is 0 Å². The second kappa shape index (κ2) is 10.2. The highest BCUT2D eigenvalue weighted by molar-refractivity contribution is 8.24. The summed E-state index contributed by atoms with van der Waals surface area (Å²) in [6.45, 7) is 2.77. The molecule has 0 unspecified atom stereocenters. The molecule has 0 bridgehead atoms. The summed E-state index contributed by atoms with van der Waals surface area (Å²) in [6.07, 6.45) is 2.08. The van der Waals surface area contributed by atoms with Crippen LogP contribution in [-0.4, -0.2) is 27.0 Å². The van der Waals surface area contributed by atoms with Crippen LogP contribution in [0.2, 0.25) is 0 Å². The first kappa shape index (κ1) is 22.4. The van der Waals surface area contributed by atoms with Crippen molar-refractivity contribution in [2.45, 2.75) is 31.7 Å². The predicted molar refractivity (Wildman–Crippen MR) is 125 cm³/mol. The molecule has 0 radical (unpaired) electrons. The van der Waals surface area contributed by atoms with Crippen LogP contribution in [0.4, 0.5) is 4.39 Å². The molecule has 0 spiro atoms. The van der Waals surface area contributed by atoms with Crippen LogP contribution in [0.25, 0.3) is 0 Å². The highest BCUT2D eigenvalue weighted by Crippen LogP contribution is 2.34. The summed E-state index contributed by atoms with van der Waals surface area (Å²) < 4.78 is 31.3. The third-order valence-corrected chi connectivity index (χ3v) is 6.55. The quantitative estimate of drug-likeness (QED) is 0.391. The Morgan fingerprint density at radius 2 is 1.97 bits per heavy atom. The summed E-state index contributed by atoms with van der Waals surface area (Å²) in [5.41, 5.74) is 1.40. The largest absolute Gasteiger partial charge is 0.490 e. The highest BCUT2D eigenvalue weighted by atomic mass is 32.2. The van der Waals surface area contributed by atoms with E-state index in [2.05, 4.69) is 0 Å². The fourth-order valence-electron chi connectivity index (χ4n) is 3.38. The van der Waals surface area contributed by atoms with Gasteiger partial charge < -0.3 is 13.9 Å². The molecule has 1 amide bonds. The van der Waals surface area contributed by atoms with Gasteiger partial charge >= 0.3 is 0 Å². The molecule has 5 nitrogen and oxygen atoms in total. The van der Waals surface area contributed by atoms with Crippen molar-refractivity contribution < 1.29 is 23.1 Å². The number of thioether (sulfide) groups is 1. The zero-order valence-corrected chi connectivity index (χ0v) is 19.1. The molecular weight excluding hydrogens is 449 g/mol. The van der Waals surface area contributed by atoms with Crippen molar-refractivity contribution in [3.05, 3.63) is 83.6 Å². The van der Waals surface area contributed by atoms with Crippen LogP contribution in [0, 0.1) is 5.82 Å².